The maximum absolute atomic E-state index is 12.2. The number of amides is 2. The third-order valence-electron chi connectivity index (χ3n) is 4.24. The summed E-state index contributed by atoms with van der Waals surface area (Å²) in [5.74, 6) is -1.88. The molecule has 0 saturated carbocycles. The number of aliphatic carboxylic acids is 1. The monoisotopic (exact) mass is 434 g/mol. The Hall–Kier alpha value is -3.83. The summed E-state index contributed by atoms with van der Waals surface area (Å²) in [6.07, 6.45) is 0.342. The Balaban J connectivity index is 1.72. The van der Waals surface area contributed by atoms with Crippen molar-refractivity contribution in [2.45, 2.75) is 38.0 Å². The summed E-state index contributed by atoms with van der Waals surface area (Å²) in [5.41, 5.74) is 11.4. The van der Waals surface area contributed by atoms with Gasteiger partial charge >= 0.3 is 12.1 Å². The Labute approximate surface area is 178 Å². The number of ether oxygens (including phenoxy) is 1. The summed E-state index contributed by atoms with van der Waals surface area (Å²) in [5, 5.41) is 17.7. The van der Waals surface area contributed by atoms with Crippen molar-refractivity contribution in [2.75, 3.05) is 13.1 Å². The molecule has 0 aliphatic carbocycles. The summed E-state index contributed by atoms with van der Waals surface area (Å²) in [7, 11) is 0. The lowest BCUT2D eigenvalue weighted by Crippen LogP contribution is -2.49. The fourth-order valence-corrected chi connectivity index (χ4v) is 2.65. The van der Waals surface area contributed by atoms with Crippen molar-refractivity contribution < 1.29 is 29.1 Å². The standard InChI is InChI=1S/C19H26N6O6/c20-18(21)22-8-4-7-13-9-14(25-31-13)16(26)23-10-15(17(27)28)24-19(29)30-11-12-5-2-1-3-6-12/h1-3,5-6,13,15H,4,7-11H2,(H,23,26)(H,24,29)(H,27,28)(H4,20,21,22)/t13?,15-/m0/s1. The number of carboxylic acids is 1. The van der Waals surface area contributed by atoms with Crippen molar-refractivity contribution in [1.82, 2.24) is 10.6 Å². The van der Waals surface area contributed by atoms with Crippen molar-refractivity contribution in [3.05, 3.63) is 35.9 Å². The Morgan fingerprint density at radius 2 is 2.03 bits per heavy atom. The van der Waals surface area contributed by atoms with Gasteiger partial charge in [0, 0.05) is 19.5 Å². The minimum atomic E-state index is -1.37. The van der Waals surface area contributed by atoms with Crippen LogP contribution >= 0.6 is 0 Å². The first-order valence-electron chi connectivity index (χ1n) is 9.61. The number of carbonyl (C=O) groups is 3. The van der Waals surface area contributed by atoms with Gasteiger partial charge in [0.25, 0.3) is 5.91 Å². The molecule has 0 radical (unpaired) electrons. The van der Waals surface area contributed by atoms with Crippen molar-refractivity contribution in [3.63, 3.8) is 0 Å². The van der Waals surface area contributed by atoms with E-state index in [2.05, 4.69) is 20.8 Å². The Kier molecular flexibility index (Phi) is 9.08. The molecule has 0 saturated heterocycles. The number of carbonyl (C=O) groups excluding carboxylic acids is 2. The summed E-state index contributed by atoms with van der Waals surface area (Å²) in [6, 6.07) is 7.56. The van der Waals surface area contributed by atoms with Gasteiger partial charge in [0.15, 0.2) is 5.96 Å². The number of guanidine groups is 1. The number of nitrogens with zero attached hydrogens (tertiary/aromatic N) is 2. The molecule has 1 aliphatic rings. The highest BCUT2D eigenvalue weighted by atomic mass is 16.6. The fraction of sp³-hybridized carbons (Fsp3) is 0.421. The van der Waals surface area contributed by atoms with Crippen molar-refractivity contribution in [3.8, 4) is 0 Å². The predicted molar refractivity (Wildman–Crippen MR) is 111 cm³/mol. The third-order valence-corrected chi connectivity index (χ3v) is 4.24. The Morgan fingerprint density at radius 1 is 1.29 bits per heavy atom. The lowest BCUT2D eigenvalue weighted by atomic mass is 10.1. The molecule has 1 aromatic carbocycles. The van der Waals surface area contributed by atoms with E-state index in [0.717, 1.165) is 5.56 Å². The van der Waals surface area contributed by atoms with E-state index in [0.29, 0.717) is 19.4 Å². The average Bonchev–Trinajstić information content (AvgIpc) is 3.22. The highest BCUT2D eigenvalue weighted by molar-refractivity contribution is 6.39. The van der Waals surface area contributed by atoms with Gasteiger partial charge in [-0.15, -0.1) is 0 Å². The van der Waals surface area contributed by atoms with E-state index < -0.39 is 24.0 Å². The molecule has 0 fully saturated rings. The van der Waals surface area contributed by atoms with E-state index >= 15 is 0 Å². The van der Waals surface area contributed by atoms with Gasteiger partial charge in [-0.05, 0) is 18.4 Å². The van der Waals surface area contributed by atoms with Crippen molar-refractivity contribution in [2.24, 2.45) is 21.6 Å². The molecule has 2 atom stereocenters. The molecular formula is C19H26N6O6. The summed E-state index contributed by atoms with van der Waals surface area (Å²) >= 11 is 0. The number of rotatable bonds is 11. The molecule has 0 bridgehead atoms. The first-order valence-corrected chi connectivity index (χ1v) is 9.61. The zero-order valence-corrected chi connectivity index (χ0v) is 16.8. The molecule has 1 aromatic rings. The molecule has 1 unspecified atom stereocenters. The molecular weight excluding hydrogens is 408 g/mol. The van der Waals surface area contributed by atoms with Gasteiger partial charge in [-0.25, -0.2) is 9.59 Å². The van der Waals surface area contributed by atoms with Crippen LogP contribution in [0.4, 0.5) is 4.79 Å². The summed E-state index contributed by atoms with van der Waals surface area (Å²) in [6.45, 7) is 0.0862. The van der Waals surface area contributed by atoms with E-state index in [-0.39, 0.29) is 37.3 Å². The van der Waals surface area contributed by atoms with Crippen molar-refractivity contribution in [1.29, 1.82) is 0 Å². The van der Waals surface area contributed by atoms with Crippen LogP contribution in [-0.2, 0) is 25.8 Å². The number of nitrogens with two attached hydrogens (primary N) is 2. The molecule has 168 valence electrons. The number of alkyl carbamates (subject to hydrolysis) is 1. The first kappa shape index (κ1) is 23.4. The molecule has 1 heterocycles. The first-order chi connectivity index (χ1) is 14.8. The highest BCUT2D eigenvalue weighted by Gasteiger charge is 2.27. The maximum Gasteiger partial charge on any atom is 0.408 e. The van der Waals surface area contributed by atoms with Crippen LogP contribution in [0.3, 0.4) is 0 Å². The molecule has 0 aromatic heterocycles. The minimum Gasteiger partial charge on any atom is -0.480 e. The largest absolute Gasteiger partial charge is 0.480 e. The van der Waals surface area contributed by atoms with Crippen molar-refractivity contribution >= 4 is 29.6 Å². The number of carboxylic acid groups (broad SMARTS) is 1. The van der Waals surface area contributed by atoms with Gasteiger partial charge in [0.1, 0.15) is 24.5 Å². The minimum absolute atomic E-state index is 0.00852. The number of aliphatic imine (C=N–C) groups is 1. The van der Waals surface area contributed by atoms with E-state index in [9.17, 15) is 19.5 Å². The number of hydrogen-bond acceptors (Lipinski definition) is 7. The van der Waals surface area contributed by atoms with E-state index in [1.807, 2.05) is 6.07 Å². The number of hydrogen-bond donors (Lipinski definition) is 5. The van der Waals surface area contributed by atoms with Crippen LogP contribution in [0, 0.1) is 0 Å². The topological polar surface area (TPSA) is 191 Å². The van der Waals surface area contributed by atoms with Gasteiger partial charge in [-0.2, -0.15) is 0 Å². The Bertz CT molecular complexity index is 824. The molecule has 0 spiro atoms. The van der Waals surface area contributed by atoms with E-state index in [1.165, 1.54) is 0 Å². The smallest absolute Gasteiger partial charge is 0.408 e. The lowest BCUT2D eigenvalue weighted by Gasteiger charge is -2.15. The molecule has 2 rings (SSSR count). The lowest BCUT2D eigenvalue weighted by molar-refractivity contribution is -0.139. The molecule has 7 N–H and O–H groups in total. The zero-order chi connectivity index (χ0) is 22.6. The second kappa shape index (κ2) is 12.0. The van der Waals surface area contributed by atoms with Crippen LogP contribution in [0.15, 0.2) is 40.5 Å². The van der Waals surface area contributed by atoms with Crippen LogP contribution in [0.2, 0.25) is 0 Å². The number of benzene rings is 1. The van der Waals surface area contributed by atoms with Crippen LogP contribution < -0.4 is 22.1 Å². The van der Waals surface area contributed by atoms with Gasteiger partial charge in [-0.1, -0.05) is 35.5 Å². The third kappa shape index (κ3) is 8.60. The molecule has 12 nitrogen and oxygen atoms in total. The van der Waals surface area contributed by atoms with Crippen LogP contribution in [0.5, 0.6) is 0 Å². The average molecular weight is 434 g/mol. The van der Waals surface area contributed by atoms with Gasteiger partial charge < -0.3 is 36.8 Å². The normalized spacial score (nSPS) is 15.7. The summed E-state index contributed by atoms with van der Waals surface area (Å²) < 4.78 is 5.00. The van der Waals surface area contributed by atoms with Crippen LogP contribution in [0.25, 0.3) is 0 Å². The van der Waals surface area contributed by atoms with Crippen LogP contribution in [0.1, 0.15) is 24.8 Å². The molecule has 2 amide bonds. The fourth-order valence-electron chi connectivity index (χ4n) is 2.65. The molecule has 12 heteroatoms. The number of nitrogens with one attached hydrogen (secondary N) is 2. The Morgan fingerprint density at radius 3 is 2.71 bits per heavy atom. The van der Waals surface area contributed by atoms with E-state index in [4.69, 9.17) is 21.0 Å². The molecule has 31 heavy (non-hydrogen) atoms. The SMILES string of the molecule is NC(N)=NCCCC1CC(C(=O)NC[C@H](NC(=O)OCc2ccccc2)C(=O)O)=NO1. The number of oxime groups is 1. The highest BCUT2D eigenvalue weighted by Crippen LogP contribution is 2.15. The quantitative estimate of drug-likeness (QED) is 0.178. The summed E-state index contributed by atoms with van der Waals surface area (Å²) in [4.78, 5) is 44.5. The van der Waals surface area contributed by atoms with Gasteiger partial charge in [0.2, 0.25) is 0 Å². The molecule has 1 aliphatic heterocycles. The second-order valence-corrected chi connectivity index (χ2v) is 6.73. The zero-order valence-electron chi connectivity index (χ0n) is 16.8. The predicted octanol–water partition coefficient (Wildman–Crippen LogP) is -0.319. The van der Waals surface area contributed by atoms with Gasteiger partial charge in [-0.3, -0.25) is 9.79 Å². The second-order valence-electron chi connectivity index (χ2n) is 6.73. The maximum atomic E-state index is 12.2. The van der Waals surface area contributed by atoms with E-state index in [1.54, 1.807) is 24.3 Å². The van der Waals surface area contributed by atoms with Gasteiger partial charge in [0.05, 0.1) is 0 Å². The van der Waals surface area contributed by atoms with Crippen LogP contribution in [-0.4, -0.2) is 60.0 Å².